The van der Waals surface area contributed by atoms with E-state index in [0.29, 0.717) is 5.92 Å². The highest BCUT2D eigenvalue weighted by molar-refractivity contribution is 7.10. The molecule has 0 radical (unpaired) electrons. The minimum absolute atomic E-state index is 0.104. The van der Waals surface area contributed by atoms with E-state index in [1.807, 2.05) is 6.07 Å². The van der Waals surface area contributed by atoms with Gasteiger partial charge in [-0.25, -0.2) is 0 Å². The Morgan fingerprint density at radius 2 is 2.37 bits per heavy atom. The second-order valence-corrected chi connectivity index (χ2v) is 5.75. The fourth-order valence-corrected chi connectivity index (χ4v) is 2.85. The van der Waals surface area contributed by atoms with Crippen molar-refractivity contribution in [2.75, 3.05) is 5.32 Å². The number of carbonyl (C=O) groups is 1. The van der Waals surface area contributed by atoms with E-state index in [9.17, 15) is 4.79 Å². The number of carbonyl (C=O) groups excluding carboxylic acids is 1. The molecule has 1 unspecified atom stereocenters. The smallest absolute Gasteiger partial charge is 0.239 e. The van der Waals surface area contributed by atoms with E-state index in [1.165, 1.54) is 9.56 Å². The van der Waals surface area contributed by atoms with Crippen LogP contribution in [-0.2, 0) is 11.3 Å². The van der Waals surface area contributed by atoms with Crippen molar-refractivity contribution in [2.45, 2.75) is 26.4 Å². The normalized spacial score (nSPS) is 12.6. The summed E-state index contributed by atoms with van der Waals surface area (Å²) in [5.74, 6) is 0.0615. The minimum atomic E-state index is -0.395. The SMILES string of the molecule is CC(C)C(Nc1cnn(CC(N)=O)c1)c1cccs1. The highest BCUT2D eigenvalue weighted by Crippen LogP contribution is 2.29. The van der Waals surface area contributed by atoms with Crippen molar-refractivity contribution in [3.05, 3.63) is 34.8 Å². The van der Waals surface area contributed by atoms with Crippen LogP contribution in [0.5, 0.6) is 0 Å². The quantitative estimate of drug-likeness (QED) is 0.851. The third-order valence-electron chi connectivity index (χ3n) is 2.79. The van der Waals surface area contributed by atoms with Crippen LogP contribution in [0, 0.1) is 5.92 Å². The van der Waals surface area contributed by atoms with Gasteiger partial charge in [0, 0.05) is 11.1 Å². The first-order valence-corrected chi connectivity index (χ1v) is 7.05. The number of hydrogen-bond acceptors (Lipinski definition) is 4. The number of amides is 1. The van der Waals surface area contributed by atoms with Crippen LogP contribution in [-0.4, -0.2) is 15.7 Å². The van der Waals surface area contributed by atoms with Gasteiger partial charge in [-0.1, -0.05) is 19.9 Å². The van der Waals surface area contributed by atoms with Gasteiger partial charge in [0.1, 0.15) is 6.54 Å². The summed E-state index contributed by atoms with van der Waals surface area (Å²) in [6.45, 7) is 4.45. The molecular formula is C13H18N4OS. The van der Waals surface area contributed by atoms with Crippen molar-refractivity contribution < 1.29 is 4.79 Å². The van der Waals surface area contributed by atoms with Crippen molar-refractivity contribution in [3.63, 3.8) is 0 Å². The summed E-state index contributed by atoms with van der Waals surface area (Å²) < 4.78 is 1.54. The average Bonchev–Trinajstić information content (AvgIpc) is 2.95. The van der Waals surface area contributed by atoms with Gasteiger partial charge in [-0.05, 0) is 17.4 Å². The van der Waals surface area contributed by atoms with Crippen LogP contribution >= 0.6 is 11.3 Å². The molecular weight excluding hydrogens is 260 g/mol. The number of rotatable bonds is 6. The van der Waals surface area contributed by atoms with Crippen LogP contribution in [0.3, 0.4) is 0 Å². The van der Waals surface area contributed by atoms with E-state index in [-0.39, 0.29) is 12.6 Å². The van der Waals surface area contributed by atoms with E-state index in [2.05, 4.69) is 35.7 Å². The van der Waals surface area contributed by atoms with Gasteiger partial charge in [0.2, 0.25) is 5.91 Å². The predicted molar refractivity (Wildman–Crippen MR) is 76.9 cm³/mol. The number of hydrogen-bond donors (Lipinski definition) is 2. The standard InChI is InChI=1S/C13H18N4OS/c1-9(2)13(11-4-3-5-19-11)16-10-6-15-17(7-10)8-12(14)18/h3-7,9,13,16H,8H2,1-2H3,(H2,14,18). The third-order valence-corrected chi connectivity index (χ3v) is 3.75. The topological polar surface area (TPSA) is 72.9 Å². The largest absolute Gasteiger partial charge is 0.375 e. The van der Waals surface area contributed by atoms with Crippen LogP contribution in [0.15, 0.2) is 29.9 Å². The van der Waals surface area contributed by atoms with Crippen LogP contribution < -0.4 is 11.1 Å². The molecule has 6 heteroatoms. The molecule has 3 N–H and O–H groups in total. The zero-order chi connectivity index (χ0) is 13.8. The fourth-order valence-electron chi connectivity index (χ4n) is 1.90. The molecule has 2 aromatic heterocycles. The maximum Gasteiger partial charge on any atom is 0.239 e. The van der Waals surface area contributed by atoms with Gasteiger partial charge in [-0.3, -0.25) is 9.48 Å². The molecule has 102 valence electrons. The Morgan fingerprint density at radius 3 is 2.95 bits per heavy atom. The molecule has 0 fully saturated rings. The Balaban J connectivity index is 2.09. The van der Waals surface area contributed by atoms with E-state index in [4.69, 9.17) is 5.73 Å². The van der Waals surface area contributed by atoms with Crippen molar-refractivity contribution in [3.8, 4) is 0 Å². The number of nitrogens with two attached hydrogens (primary N) is 1. The first-order valence-electron chi connectivity index (χ1n) is 6.17. The van der Waals surface area contributed by atoms with Gasteiger partial charge in [-0.15, -0.1) is 11.3 Å². The van der Waals surface area contributed by atoms with Crippen LogP contribution in [0.2, 0.25) is 0 Å². The molecule has 2 heterocycles. The molecule has 2 rings (SSSR count). The Morgan fingerprint density at radius 1 is 1.58 bits per heavy atom. The molecule has 5 nitrogen and oxygen atoms in total. The summed E-state index contributed by atoms with van der Waals surface area (Å²) >= 11 is 1.73. The van der Waals surface area contributed by atoms with Crippen LogP contribution in [0.4, 0.5) is 5.69 Å². The number of thiophene rings is 1. The summed E-state index contributed by atoms with van der Waals surface area (Å²) in [7, 11) is 0. The molecule has 0 aliphatic heterocycles. The lowest BCUT2D eigenvalue weighted by atomic mass is 10.0. The van der Waals surface area contributed by atoms with Gasteiger partial charge < -0.3 is 11.1 Å². The van der Waals surface area contributed by atoms with Gasteiger partial charge in [0.25, 0.3) is 0 Å². The summed E-state index contributed by atoms with van der Waals surface area (Å²) in [6.07, 6.45) is 3.51. The fraction of sp³-hybridized carbons (Fsp3) is 0.385. The molecule has 0 aliphatic carbocycles. The number of nitrogens with zero attached hydrogens (tertiary/aromatic N) is 2. The second-order valence-electron chi connectivity index (χ2n) is 4.77. The van der Waals surface area contributed by atoms with E-state index >= 15 is 0 Å². The monoisotopic (exact) mass is 278 g/mol. The van der Waals surface area contributed by atoms with E-state index in [1.54, 1.807) is 23.7 Å². The Bertz CT molecular complexity index is 533. The Labute approximate surface area is 116 Å². The maximum atomic E-state index is 10.8. The maximum absolute atomic E-state index is 10.8. The number of anilines is 1. The number of primary amides is 1. The Kier molecular flexibility index (Phi) is 4.21. The van der Waals surface area contributed by atoms with Crippen LogP contribution in [0.1, 0.15) is 24.8 Å². The molecule has 2 aromatic rings. The highest BCUT2D eigenvalue weighted by atomic mass is 32.1. The van der Waals surface area contributed by atoms with Gasteiger partial charge >= 0.3 is 0 Å². The molecule has 19 heavy (non-hydrogen) atoms. The molecule has 0 saturated carbocycles. The predicted octanol–water partition coefficient (Wildman–Crippen LogP) is 2.24. The first kappa shape index (κ1) is 13.6. The summed E-state index contributed by atoms with van der Waals surface area (Å²) in [5.41, 5.74) is 6.04. The zero-order valence-corrected chi connectivity index (χ0v) is 11.9. The molecule has 1 amide bonds. The molecule has 0 bridgehead atoms. The second kappa shape index (κ2) is 5.88. The van der Waals surface area contributed by atoms with Crippen molar-refractivity contribution >= 4 is 22.9 Å². The van der Waals surface area contributed by atoms with Gasteiger partial charge in [0.05, 0.1) is 17.9 Å². The lowest BCUT2D eigenvalue weighted by molar-refractivity contribution is -0.118. The highest BCUT2D eigenvalue weighted by Gasteiger charge is 2.17. The molecule has 1 atom stereocenters. The van der Waals surface area contributed by atoms with E-state index in [0.717, 1.165) is 5.69 Å². The molecule has 0 saturated heterocycles. The van der Waals surface area contributed by atoms with Crippen molar-refractivity contribution in [2.24, 2.45) is 11.7 Å². The number of aromatic nitrogens is 2. The molecule has 0 aromatic carbocycles. The van der Waals surface area contributed by atoms with Gasteiger partial charge in [0.15, 0.2) is 0 Å². The minimum Gasteiger partial charge on any atom is -0.375 e. The number of nitrogens with one attached hydrogen (secondary N) is 1. The third kappa shape index (κ3) is 3.57. The Hall–Kier alpha value is -1.82. The van der Waals surface area contributed by atoms with Crippen molar-refractivity contribution in [1.29, 1.82) is 0 Å². The lowest BCUT2D eigenvalue weighted by Gasteiger charge is -2.21. The summed E-state index contributed by atoms with van der Waals surface area (Å²) in [5, 5.41) is 9.63. The average molecular weight is 278 g/mol. The molecule has 0 aliphatic rings. The van der Waals surface area contributed by atoms with E-state index < -0.39 is 5.91 Å². The summed E-state index contributed by atoms with van der Waals surface area (Å²) in [6, 6.07) is 4.41. The summed E-state index contributed by atoms with van der Waals surface area (Å²) in [4.78, 5) is 12.1. The lowest BCUT2D eigenvalue weighted by Crippen LogP contribution is -2.19. The zero-order valence-electron chi connectivity index (χ0n) is 11.0. The molecule has 0 spiro atoms. The van der Waals surface area contributed by atoms with Crippen LogP contribution in [0.25, 0.3) is 0 Å². The van der Waals surface area contributed by atoms with Gasteiger partial charge in [-0.2, -0.15) is 5.10 Å². The van der Waals surface area contributed by atoms with Crippen molar-refractivity contribution in [1.82, 2.24) is 9.78 Å². The first-order chi connectivity index (χ1) is 9.06.